The van der Waals surface area contributed by atoms with E-state index in [1.54, 1.807) is 0 Å². The second-order valence-electron chi connectivity index (χ2n) is 3.47. The van der Waals surface area contributed by atoms with E-state index in [-0.39, 0.29) is 12.7 Å². The van der Waals surface area contributed by atoms with E-state index in [0.717, 1.165) is 25.8 Å². The van der Waals surface area contributed by atoms with Crippen molar-refractivity contribution in [2.75, 3.05) is 27.2 Å². The Morgan fingerprint density at radius 1 is 1.17 bits per heavy atom. The summed E-state index contributed by atoms with van der Waals surface area (Å²) in [5.41, 5.74) is 0. The molecule has 0 spiro atoms. The van der Waals surface area contributed by atoms with E-state index in [2.05, 4.69) is 4.90 Å². The molecule has 3 nitrogen and oxygen atoms in total. The van der Waals surface area contributed by atoms with Gasteiger partial charge in [0, 0.05) is 6.61 Å². The highest BCUT2D eigenvalue weighted by Crippen LogP contribution is 2.03. The van der Waals surface area contributed by atoms with Crippen molar-refractivity contribution in [1.29, 1.82) is 0 Å². The number of aliphatic hydroxyl groups excluding tert-OH is 2. The molecule has 3 heteroatoms. The Morgan fingerprint density at radius 2 is 1.83 bits per heavy atom. The number of unbranched alkanes of at least 4 members (excludes halogenated alkanes) is 1. The molecule has 2 N–H and O–H groups in total. The molecule has 0 aromatic heterocycles. The van der Waals surface area contributed by atoms with Crippen molar-refractivity contribution in [3.63, 3.8) is 0 Å². The van der Waals surface area contributed by atoms with Crippen LogP contribution in [0.4, 0.5) is 0 Å². The van der Waals surface area contributed by atoms with Crippen LogP contribution in [0.2, 0.25) is 0 Å². The first-order chi connectivity index (χ1) is 5.66. The van der Waals surface area contributed by atoms with Gasteiger partial charge in [0.25, 0.3) is 0 Å². The lowest BCUT2D eigenvalue weighted by Crippen LogP contribution is -2.14. The van der Waals surface area contributed by atoms with Crippen LogP contribution in [0.1, 0.15) is 25.7 Å². The summed E-state index contributed by atoms with van der Waals surface area (Å²) in [4.78, 5) is 2.14. The second kappa shape index (κ2) is 7.53. The van der Waals surface area contributed by atoms with Gasteiger partial charge < -0.3 is 15.1 Å². The zero-order valence-electron chi connectivity index (χ0n) is 8.16. The van der Waals surface area contributed by atoms with Crippen LogP contribution >= 0.6 is 0 Å². The number of rotatable bonds is 7. The fraction of sp³-hybridized carbons (Fsp3) is 1.00. The maximum Gasteiger partial charge on any atom is 0.0562 e. The van der Waals surface area contributed by atoms with Gasteiger partial charge in [-0.25, -0.2) is 0 Å². The van der Waals surface area contributed by atoms with Gasteiger partial charge in [-0.05, 0) is 46.3 Å². The van der Waals surface area contributed by atoms with Crippen LogP contribution < -0.4 is 0 Å². The Balaban J connectivity index is 3.08. The van der Waals surface area contributed by atoms with Crippen LogP contribution in [-0.2, 0) is 0 Å². The Bertz CT molecular complexity index is 96.5. The molecule has 12 heavy (non-hydrogen) atoms. The van der Waals surface area contributed by atoms with Gasteiger partial charge in [-0.1, -0.05) is 0 Å². The molecule has 1 unspecified atom stereocenters. The van der Waals surface area contributed by atoms with Crippen molar-refractivity contribution >= 4 is 0 Å². The summed E-state index contributed by atoms with van der Waals surface area (Å²) in [5.74, 6) is 0. The number of nitrogens with zero attached hydrogens (tertiary/aromatic N) is 1. The highest BCUT2D eigenvalue weighted by Gasteiger charge is 2.02. The van der Waals surface area contributed by atoms with Gasteiger partial charge in [-0.2, -0.15) is 0 Å². The Hall–Kier alpha value is -0.120. The normalized spacial score (nSPS) is 13.8. The van der Waals surface area contributed by atoms with Gasteiger partial charge >= 0.3 is 0 Å². The zero-order valence-corrected chi connectivity index (χ0v) is 8.16. The molecule has 0 aromatic rings. The SMILES string of the molecule is CN(C)CCCCC(O)CCO. The molecule has 1 atom stereocenters. The van der Waals surface area contributed by atoms with Crippen molar-refractivity contribution in [3.05, 3.63) is 0 Å². The van der Waals surface area contributed by atoms with E-state index in [0.29, 0.717) is 6.42 Å². The lowest BCUT2D eigenvalue weighted by molar-refractivity contribution is 0.122. The van der Waals surface area contributed by atoms with Crippen molar-refractivity contribution in [1.82, 2.24) is 4.90 Å². The van der Waals surface area contributed by atoms with Crippen molar-refractivity contribution in [3.8, 4) is 0 Å². The lowest BCUT2D eigenvalue weighted by atomic mass is 10.1. The highest BCUT2D eigenvalue weighted by atomic mass is 16.3. The van der Waals surface area contributed by atoms with Crippen molar-refractivity contribution in [2.45, 2.75) is 31.8 Å². The molecule has 0 amide bonds. The van der Waals surface area contributed by atoms with Crippen LogP contribution in [0.5, 0.6) is 0 Å². The summed E-state index contributed by atoms with van der Waals surface area (Å²) >= 11 is 0. The van der Waals surface area contributed by atoms with Crippen molar-refractivity contribution in [2.24, 2.45) is 0 Å². The minimum Gasteiger partial charge on any atom is -0.396 e. The molecule has 0 saturated heterocycles. The molecule has 0 aromatic carbocycles. The number of aliphatic hydroxyl groups is 2. The largest absolute Gasteiger partial charge is 0.396 e. The van der Waals surface area contributed by atoms with Crippen LogP contribution in [-0.4, -0.2) is 48.5 Å². The zero-order chi connectivity index (χ0) is 9.40. The van der Waals surface area contributed by atoms with E-state index in [1.165, 1.54) is 0 Å². The molecule has 74 valence electrons. The highest BCUT2D eigenvalue weighted by molar-refractivity contribution is 4.55. The number of hydrogen-bond donors (Lipinski definition) is 2. The standard InChI is InChI=1S/C9H21NO2/c1-10(2)7-4-3-5-9(12)6-8-11/h9,11-12H,3-8H2,1-2H3. The molecular formula is C9H21NO2. The summed E-state index contributed by atoms with van der Waals surface area (Å²) in [5, 5.41) is 17.8. The molecule has 0 radical (unpaired) electrons. The van der Waals surface area contributed by atoms with Gasteiger partial charge in [0.15, 0.2) is 0 Å². The predicted octanol–water partition coefficient (Wildman–Crippen LogP) is 0.462. The molecule has 0 aliphatic heterocycles. The van der Waals surface area contributed by atoms with Gasteiger partial charge in [0.2, 0.25) is 0 Å². The topological polar surface area (TPSA) is 43.7 Å². The maximum absolute atomic E-state index is 9.24. The molecule has 0 heterocycles. The van der Waals surface area contributed by atoms with Gasteiger partial charge in [-0.15, -0.1) is 0 Å². The fourth-order valence-corrected chi connectivity index (χ4v) is 1.10. The van der Waals surface area contributed by atoms with Crippen LogP contribution in [0.15, 0.2) is 0 Å². The second-order valence-corrected chi connectivity index (χ2v) is 3.47. The molecule has 0 aliphatic rings. The molecule has 0 fully saturated rings. The van der Waals surface area contributed by atoms with E-state index >= 15 is 0 Å². The molecular weight excluding hydrogens is 154 g/mol. The molecule has 0 rings (SSSR count). The van der Waals surface area contributed by atoms with Gasteiger partial charge in [0.05, 0.1) is 6.10 Å². The van der Waals surface area contributed by atoms with Gasteiger partial charge in [-0.3, -0.25) is 0 Å². The average Bonchev–Trinajstić information content (AvgIpc) is 1.98. The molecule has 0 bridgehead atoms. The van der Waals surface area contributed by atoms with E-state index in [9.17, 15) is 5.11 Å². The summed E-state index contributed by atoms with van der Waals surface area (Å²) in [6, 6.07) is 0. The maximum atomic E-state index is 9.24. The number of hydrogen-bond acceptors (Lipinski definition) is 3. The third-order valence-corrected chi connectivity index (χ3v) is 1.85. The third kappa shape index (κ3) is 7.98. The molecule has 0 aliphatic carbocycles. The summed E-state index contributed by atoms with van der Waals surface area (Å²) in [6.45, 7) is 1.17. The summed E-state index contributed by atoms with van der Waals surface area (Å²) in [7, 11) is 4.09. The smallest absolute Gasteiger partial charge is 0.0562 e. The first kappa shape index (κ1) is 11.9. The Kier molecular flexibility index (Phi) is 7.45. The first-order valence-electron chi connectivity index (χ1n) is 4.60. The minimum absolute atomic E-state index is 0.0921. The fourth-order valence-electron chi connectivity index (χ4n) is 1.10. The quantitative estimate of drug-likeness (QED) is 0.553. The Labute approximate surface area is 75.0 Å². The molecule has 0 saturated carbocycles. The van der Waals surface area contributed by atoms with E-state index < -0.39 is 0 Å². The van der Waals surface area contributed by atoms with Crippen LogP contribution in [0, 0.1) is 0 Å². The summed E-state index contributed by atoms with van der Waals surface area (Å²) in [6.07, 6.45) is 3.18. The van der Waals surface area contributed by atoms with Crippen LogP contribution in [0.25, 0.3) is 0 Å². The third-order valence-electron chi connectivity index (χ3n) is 1.85. The Morgan fingerprint density at radius 3 is 2.33 bits per heavy atom. The van der Waals surface area contributed by atoms with Gasteiger partial charge in [0.1, 0.15) is 0 Å². The van der Waals surface area contributed by atoms with Crippen molar-refractivity contribution < 1.29 is 10.2 Å². The average molecular weight is 175 g/mol. The van der Waals surface area contributed by atoms with Crippen LogP contribution in [0.3, 0.4) is 0 Å². The van der Waals surface area contributed by atoms with E-state index in [1.807, 2.05) is 14.1 Å². The lowest BCUT2D eigenvalue weighted by Gasteiger charge is -2.11. The first-order valence-corrected chi connectivity index (χ1v) is 4.60. The van der Waals surface area contributed by atoms with E-state index in [4.69, 9.17) is 5.11 Å². The predicted molar refractivity (Wildman–Crippen MR) is 50.1 cm³/mol. The monoisotopic (exact) mass is 175 g/mol. The summed E-state index contributed by atoms with van der Waals surface area (Å²) < 4.78 is 0. The minimum atomic E-state index is -0.308.